The number of fused-ring (bicyclic) bond motifs is 3. The van der Waals surface area contributed by atoms with Gasteiger partial charge < -0.3 is 9.11 Å². The Labute approximate surface area is 237 Å². The van der Waals surface area contributed by atoms with Crippen molar-refractivity contribution in [3.05, 3.63) is 29.8 Å². The molecule has 1 aliphatic rings. The van der Waals surface area contributed by atoms with Gasteiger partial charge in [-0.15, -0.1) is 0 Å². The van der Waals surface area contributed by atoms with Crippen LogP contribution in [0.3, 0.4) is 0 Å². The van der Waals surface area contributed by atoms with Gasteiger partial charge in [-0.3, -0.25) is 4.99 Å². The van der Waals surface area contributed by atoms with Crippen LogP contribution in [0.2, 0.25) is 0 Å². The van der Waals surface area contributed by atoms with E-state index in [0.29, 0.717) is 17.3 Å². The summed E-state index contributed by atoms with van der Waals surface area (Å²) in [6.45, 7) is 5.49. The zero-order valence-corrected chi connectivity index (χ0v) is 22.9. The largest absolute Gasteiger partial charge is 1.00 e. The second kappa shape index (κ2) is 8.30. The van der Waals surface area contributed by atoms with Crippen molar-refractivity contribution in [2.24, 2.45) is 4.99 Å². The zero-order chi connectivity index (χ0) is 18.1. The van der Waals surface area contributed by atoms with Gasteiger partial charge in [0.25, 0.3) is 0 Å². The minimum atomic E-state index is -4.97. The second-order valence-corrected chi connectivity index (χ2v) is 8.93. The van der Waals surface area contributed by atoms with Crippen molar-refractivity contribution in [1.82, 2.24) is 0 Å². The Morgan fingerprint density at radius 2 is 1.50 bits per heavy atom. The average Bonchev–Trinajstić information content (AvgIpc) is 2.66. The van der Waals surface area contributed by atoms with E-state index in [1.54, 1.807) is 13.0 Å². The third-order valence-electron chi connectivity index (χ3n) is 4.42. The van der Waals surface area contributed by atoms with Crippen LogP contribution >= 0.6 is 0 Å². The van der Waals surface area contributed by atoms with E-state index in [1.165, 1.54) is 6.07 Å². The molecule has 2 aromatic carbocycles. The van der Waals surface area contributed by atoms with E-state index in [4.69, 9.17) is 0 Å². The molecule has 0 unspecified atom stereocenters. The molecule has 7 nitrogen and oxygen atoms in total. The summed E-state index contributed by atoms with van der Waals surface area (Å²) in [5, 5.41) is 0.304. The Kier molecular flexibility index (Phi) is 8.14. The Bertz CT molecular complexity index is 1140. The molecule has 0 saturated heterocycles. The van der Waals surface area contributed by atoms with E-state index < -0.39 is 35.4 Å². The van der Waals surface area contributed by atoms with Crippen molar-refractivity contribution in [3.63, 3.8) is 0 Å². The summed E-state index contributed by atoms with van der Waals surface area (Å²) < 4.78 is 68.9. The van der Waals surface area contributed by atoms with Gasteiger partial charge in [0.05, 0.1) is 15.5 Å². The van der Waals surface area contributed by atoms with Crippen LogP contribution in [0.25, 0.3) is 10.8 Å². The molecule has 0 saturated carbocycles. The SMILES string of the molecule is CC1=Nc2ccc3c(S(=O)(=O)[O-])cc(S(=O)(=O)[O-])cc3c2C1(C)C.[K+].[K+]. The van der Waals surface area contributed by atoms with Gasteiger partial charge >= 0.3 is 103 Å². The summed E-state index contributed by atoms with van der Waals surface area (Å²) in [5.41, 5.74) is 1.31. The van der Waals surface area contributed by atoms with Crippen LogP contribution in [0.4, 0.5) is 5.69 Å². The quantitative estimate of drug-likeness (QED) is 0.343. The predicted octanol–water partition coefficient (Wildman–Crippen LogP) is -3.96. The van der Waals surface area contributed by atoms with E-state index >= 15 is 0 Å². The molecule has 0 N–H and O–H groups in total. The first kappa shape index (κ1) is 25.5. The first-order chi connectivity index (χ1) is 10.8. The number of hydrogen-bond acceptors (Lipinski definition) is 7. The number of hydrogen-bond donors (Lipinski definition) is 0. The van der Waals surface area contributed by atoms with E-state index in [0.717, 1.165) is 11.8 Å². The smallest absolute Gasteiger partial charge is 0.744 e. The van der Waals surface area contributed by atoms with Crippen LogP contribution in [0.1, 0.15) is 26.3 Å². The summed E-state index contributed by atoms with van der Waals surface area (Å²) >= 11 is 0. The standard InChI is InChI=1S/C15H15NO6S2.2K/c1-8-15(2,3)14-11-6-9(23(17,18)19)7-13(24(20,21)22)10(11)4-5-12(14)16-8;;/h4-7H,1-3H3,(H,17,18,19)(H,20,21,22);;/q;2*+1/p-2. The van der Waals surface area contributed by atoms with Crippen molar-refractivity contribution >= 4 is 42.4 Å². The maximum absolute atomic E-state index is 11.6. The fourth-order valence-corrected chi connectivity index (χ4v) is 4.28. The molecule has 128 valence electrons. The Morgan fingerprint density at radius 3 is 2.00 bits per heavy atom. The molecule has 1 heterocycles. The van der Waals surface area contributed by atoms with Crippen LogP contribution in [-0.2, 0) is 25.7 Å². The maximum atomic E-state index is 11.6. The number of benzene rings is 2. The molecule has 2 aromatic rings. The molecule has 3 rings (SSSR count). The Balaban J connectivity index is 0.00000169. The third-order valence-corrected chi connectivity index (χ3v) is 6.11. The van der Waals surface area contributed by atoms with Crippen molar-refractivity contribution in [1.29, 1.82) is 0 Å². The van der Waals surface area contributed by atoms with Gasteiger partial charge in [-0.2, -0.15) is 0 Å². The molecule has 0 radical (unpaired) electrons. The van der Waals surface area contributed by atoms with Crippen LogP contribution in [0.5, 0.6) is 0 Å². The van der Waals surface area contributed by atoms with Gasteiger partial charge in [-0.1, -0.05) is 19.9 Å². The van der Waals surface area contributed by atoms with Crippen molar-refractivity contribution < 1.29 is 129 Å². The number of nitrogens with zero attached hydrogens (tertiary/aromatic N) is 1. The summed E-state index contributed by atoms with van der Waals surface area (Å²) in [5.74, 6) is 0. The van der Waals surface area contributed by atoms with Gasteiger partial charge in [-0.05, 0) is 41.5 Å². The Morgan fingerprint density at radius 1 is 0.923 bits per heavy atom. The molecular weight excluding hydrogens is 432 g/mol. The van der Waals surface area contributed by atoms with Crippen LogP contribution in [0, 0.1) is 0 Å². The zero-order valence-electron chi connectivity index (χ0n) is 15.0. The number of aliphatic imine (C=N–C) groups is 1. The first-order valence-electron chi connectivity index (χ1n) is 6.92. The normalized spacial score (nSPS) is 15.7. The molecule has 0 fully saturated rings. The second-order valence-electron chi connectivity index (χ2n) is 6.21. The van der Waals surface area contributed by atoms with Gasteiger partial charge in [0, 0.05) is 11.1 Å². The van der Waals surface area contributed by atoms with Crippen molar-refractivity contribution in [2.75, 3.05) is 0 Å². The van der Waals surface area contributed by atoms with E-state index in [-0.39, 0.29) is 114 Å². The fourth-order valence-electron chi connectivity index (χ4n) is 2.97. The average molecular weight is 446 g/mol. The van der Waals surface area contributed by atoms with Crippen LogP contribution in [-0.4, -0.2) is 31.7 Å². The van der Waals surface area contributed by atoms with Crippen molar-refractivity contribution in [2.45, 2.75) is 36.0 Å². The topological polar surface area (TPSA) is 127 Å². The molecule has 1 aliphatic heterocycles. The molecule has 0 aliphatic carbocycles. The minimum Gasteiger partial charge on any atom is -0.744 e. The Hall–Kier alpha value is 1.46. The summed E-state index contributed by atoms with van der Waals surface area (Å²) in [6, 6.07) is 4.71. The summed E-state index contributed by atoms with van der Waals surface area (Å²) in [7, 11) is -9.91. The molecular formula is C15H13K2NO6S2. The van der Waals surface area contributed by atoms with Gasteiger partial charge in [0.1, 0.15) is 20.2 Å². The third kappa shape index (κ3) is 4.46. The van der Waals surface area contributed by atoms with Gasteiger partial charge in [-0.25, -0.2) is 16.8 Å². The van der Waals surface area contributed by atoms with Crippen LogP contribution < -0.4 is 103 Å². The van der Waals surface area contributed by atoms with Gasteiger partial charge in [0.15, 0.2) is 0 Å². The molecule has 26 heavy (non-hydrogen) atoms. The molecule has 0 bridgehead atoms. The molecule has 0 amide bonds. The van der Waals surface area contributed by atoms with E-state index in [9.17, 15) is 25.9 Å². The van der Waals surface area contributed by atoms with E-state index in [1.807, 2.05) is 13.8 Å². The molecule has 0 spiro atoms. The maximum Gasteiger partial charge on any atom is 1.00 e. The van der Waals surface area contributed by atoms with Crippen LogP contribution in [0.15, 0.2) is 39.0 Å². The minimum absolute atomic E-state index is 0. The van der Waals surface area contributed by atoms with Crippen molar-refractivity contribution in [3.8, 4) is 0 Å². The summed E-state index contributed by atoms with van der Waals surface area (Å²) in [4.78, 5) is 2.92. The van der Waals surface area contributed by atoms with Gasteiger partial charge in [0.2, 0.25) is 0 Å². The number of rotatable bonds is 2. The molecule has 11 heteroatoms. The predicted molar refractivity (Wildman–Crippen MR) is 85.7 cm³/mol. The molecule has 0 atom stereocenters. The monoisotopic (exact) mass is 445 g/mol. The fraction of sp³-hybridized carbons (Fsp3) is 0.267. The first-order valence-corrected chi connectivity index (χ1v) is 9.74. The van der Waals surface area contributed by atoms with E-state index in [2.05, 4.69) is 4.99 Å². The summed E-state index contributed by atoms with van der Waals surface area (Å²) in [6.07, 6.45) is 0. The molecule has 0 aromatic heterocycles.